The number of aromatic nitrogens is 4. The molecule has 1 aliphatic rings. The van der Waals surface area contributed by atoms with E-state index in [9.17, 15) is 8.78 Å². The van der Waals surface area contributed by atoms with Gasteiger partial charge < -0.3 is 9.64 Å². The molecule has 2 aromatic carbocycles. The van der Waals surface area contributed by atoms with Crippen LogP contribution in [-0.2, 0) is 11.3 Å². The standard InChI is InChI=1S/C21H24F2N6O/c1-30-15-14-29-21(24-25-26-29)20(16-6-8-17(22)9-7-16)28-12-10-27(11-13-28)19-5-3-2-4-18(19)23/h2-9,20H,10-15H2,1H3. The Morgan fingerprint density at radius 2 is 1.73 bits per heavy atom. The minimum atomic E-state index is -0.291. The molecule has 1 aromatic heterocycles. The first-order chi connectivity index (χ1) is 14.7. The van der Waals surface area contributed by atoms with Crippen molar-refractivity contribution in [2.75, 3.05) is 44.8 Å². The fourth-order valence-electron chi connectivity index (χ4n) is 3.84. The fraction of sp³-hybridized carbons (Fsp3) is 0.381. The lowest BCUT2D eigenvalue weighted by Crippen LogP contribution is -2.48. The first kappa shape index (κ1) is 20.4. The van der Waals surface area contributed by atoms with Gasteiger partial charge >= 0.3 is 0 Å². The number of rotatable bonds is 7. The fourth-order valence-corrected chi connectivity index (χ4v) is 3.84. The lowest BCUT2D eigenvalue weighted by atomic mass is 10.0. The van der Waals surface area contributed by atoms with Gasteiger partial charge in [-0.25, -0.2) is 13.5 Å². The molecule has 1 atom stereocenters. The van der Waals surface area contributed by atoms with Gasteiger partial charge in [0.15, 0.2) is 5.82 Å². The summed E-state index contributed by atoms with van der Waals surface area (Å²) in [7, 11) is 1.63. The average Bonchev–Trinajstić information content (AvgIpc) is 3.23. The van der Waals surface area contributed by atoms with Crippen molar-refractivity contribution < 1.29 is 13.5 Å². The SMILES string of the molecule is COCCn1nnnc1C(c1ccc(F)cc1)N1CCN(c2ccccc2F)CC1. The van der Waals surface area contributed by atoms with Gasteiger partial charge in [0.2, 0.25) is 0 Å². The highest BCUT2D eigenvalue weighted by Crippen LogP contribution is 2.29. The monoisotopic (exact) mass is 414 g/mol. The molecule has 1 unspecified atom stereocenters. The zero-order valence-corrected chi connectivity index (χ0v) is 16.8. The molecule has 0 amide bonds. The molecule has 30 heavy (non-hydrogen) atoms. The summed E-state index contributed by atoms with van der Waals surface area (Å²) in [4.78, 5) is 4.29. The average molecular weight is 414 g/mol. The highest BCUT2D eigenvalue weighted by molar-refractivity contribution is 5.48. The summed E-state index contributed by atoms with van der Waals surface area (Å²) in [5.41, 5.74) is 1.52. The number of hydrogen-bond donors (Lipinski definition) is 0. The van der Waals surface area contributed by atoms with Crippen LogP contribution in [0.5, 0.6) is 0 Å². The van der Waals surface area contributed by atoms with Gasteiger partial charge in [0.1, 0.15) is 11.6 Å². The highest BCUT2D eigenvalue weighted by Gasteiger charge is 2.31. The van der Waals surface area contributed by atoms with Crippen molar-refractivity contribution in [1.82, 2.24) is 25.1 Å². The number of methoxy groups -OCH3 is 1. The van der Waals surface area contributed by atoms with E-state index in [0.717, 1.165) is 5.56 Å². The first-order valence-electron chi connectivity index (χ1n) is 9.91. The second kappa shape index (κ2) is 9.27. The number of halogens is 2. The molecule has 0 spiro atoms. The third kappa shape index (κ3) is 4.31. The number of anilines is 1. The lowest BCUT2D eigenvalue weighted by Gasteiger charge is -2.40. The van der Waals surface area contributed by atoms with Crippen molar-refractivity contribution in [3.8, 4) is 0 Å². The summed E-state index contributed by atoms with van der Waals surface area (Å²) in [5.74, 6) is 0.170. The molecular formula is C21H24F2N6O. The van der Waals surface area contributed by atoms with Crippen LogP contribution in [0.2, 0.25) is 0 Å². The van der Waals surface area contributed by atoms with Crippen LogP contribution >= 0.6 is 0 Å². The minimum absolute atomic E-state index is 0.218. The summed E-state index contributed by atoms with van der Waals surface area (Å²) >= 11 is 0. The predicted octanol–water partition coefficient (Wildman–Crippen LogP) is 2.51. The first-order valence-corrected chi connectivity index (χ1v) is 9.91. The summed E-state index contributed by atoms with van der Waals surface area (Å²) in [6.45, 7) is 3.71. The second-order valence-electron chi connectivity index (χ2n) is 7.18. The largest absolute Gasteiger partial charge is 0.383 e. The van der Waals surface area contributed by atoms with Gasteiger partial charge in [-0.3, -0.25) is 4.90 Å². The Morgan fingerprint density at radius 3 is 2.43 bits per heavy atom. The van der Waals surface area contributed by atoms with E-state index in [2.05, 4.69) is 20.4 Å². The van der Waals surface area contributed by atoms with Gasteiger partial charge in [-0.05, 0) is 40.3 Å². The van der Waals surface area contributed by atoms with Crippen molar-refractivity contribution in [3.63, 3.8) is 0 Å². The number of tetrazole rings is 1. The highest BCUT2D eigenvalue weighted by atomic mass is 19.1. The van der Waals surface area contributed by atoms with Crippen LogP contribution in [0.1, 0.15) is 17.4 Å². The van der Waals surface area contributed by atoms with E-state index in [1.165, 1.54) is 18.2 Å². The molecule has 1 fully saturated rings. The second-order valence-corrected chi connectivity index (χ2v) is 7.18. The topological polar surface area (TPSA) is 59.3 Å². The molecule has 9 heteroatoms. The maximum Gasteiger partial charge on any atom is 0.173 e. The molecule has 0 bridgehead atoms. The Balaban J connectivity index is 1.59. The van der Waals surface area contributed by atoms with Crippen molar-refractivity contribution >= 4 is 5.69 Å². The summed E-state index contributed by atoms with van der Waals surface area (Å²) in [5, 5.41) is 12.2. The van der Waals surface area contributed by atoms with Gasteiger partial charge in [-0.1, -0.05) is 24.3 Å². The van der Waals surface area contributed by atoms with Crippen LogP contribution in [0, 0.1) is 11.6 Å². The van der Waals surface area contributed by atoms with E-state index in [0.29, 0.717) is 50.8 Å². The predicted molar refractivity (Wildman–Crippen MR) is 108 cm³/mol. The van der Waals surface area contributed by atoms with Gasteiger partial charge in [-0.15, -0.1) is 5.10 Å². The number of benzene rings is 2. The van der Waals surface area contributed by atoms with E-state index in [1.807, 2.05) is 11.0 Å². The van der Waals surface area contributed by atoms with E-state index < -0.39 is 0 Å². The van der Waals surface area contributed by atoms with E-state index in [-0.39, 0.29) is 17.7 Å². The van der Waals surface area contributed by atoms with Crippen LogP contribution in [0.3, 0.4) is 0 Å². The molecule has 0 saturated carbocycles. The molecular weight excluding hydrogens is 390 g/mol. The van der Waals surface area contributed by atoms with Crippen LogP contribution in [0.4, 0.5) is 14.5 Å². The maximum absolute atomic E-state index is 14.2. The lowest BCUT2D eigenvalue weighted by molar-refractivity contribution is 0.171. The molecule has 4 rings (SSSR count). The number of ether oxygens (including phenoxy) is 1. The number of hydrogen-bond acceptors (Lipinski definition) is 6. The molecule has 3 aromatic rings. The van der Waals surface area contributed by atoms with E-state index in [4.69, 9.17) is 4.74 Å². The van der Waals surface area contributed by atoms with Crippen molar-refractivity contribution in [2.45, 2.75) is 12.6 Å². The molecule has 0 aliphatic carbocycles. The van der Waals surface area contributed by atoms with Crippen LogP contribution in [0.25, 0.3) is 0 Å². The molecule has 1 saturated heterocycles. The van der Waals surface area contributed by atoms with E-state index in [1.54, 1.807) is 36.1 Å². The summed E-state index contributed by atoms with van der Waals surface area (Å²) in [6.07, 6.45) is 0. The minimum Gasteiger partial charge on any atom is -0.383 e. The molecule has 0 N–H and O–H groups in total. The summed E-state index contributed by atoms with van der Waals surface area (Å²) in [6, 6.07) is 13.0. The molecule has 0 radical (unpaired) electrons. The van der Waals surface area contributed by atoms with Crippen molar-refractivity contribution in [2.24, 2.45) is 0 Å². The molecule has 2 heterocycles. The van der Waals surface area contributed by atoms with Crippen LogP contribution < -0.4 is 4.90 Å². The van der Waals surface area contributed by atoms with Gasteiger partial charge in [0, 0.05) is 33.3 Å². The zero-order chi connectivity index (χ0) is 20.9. The third-order valence-electron chi connectivity index (χ3n) is 5.37. The van der Waals surface area contributed by atoms with Crippen LogP contribution in [0.15, 0.2) is 48.5 Å². The zero-order valence-electron chi connectivity index (χ0n) is 16.8. The Hall–Kier alpha value is -2.91. The van der Waals surface area contributed by atoms with Gasteiger partial charge in [0.05, 0.1) is 24.9 Å². The number of para-hydroxylation sites is 1. The Labute approximate surface area is 173 Å². The number of piperazine rings is 1. The third-order valence-corrected chi connectivity index (χ3v) is 5.37. The van der Waals surface area contributed by atoms with E-state index >= 15 is 0 Å². The van der Waals surface area contributed by atoms with Crippen molar-refractivity contribution in [1.29, 1.82) is 0 Å². The molecule has 7 nitrogen and oxygen atoms in total. The van der Waals surface area contributed by atoms with Crippen LogP contribution in [-0.4, -0.2) is 65.0 Å². The molecule has 158 valence electrons. The smallest absolute Gasteiger partial charge is 0.173 e. The Morgan fingerprint density at radius 1 is 1.00 bits per heavy atom. The quantitative estimate of drug-likeness (QED) is 0.592. The van der Waals surface area contributed by atoms with Crippen molar-refractivity contribution in [3.05, 3.63) is 71.6 Å². The van der Waals surface area contributed by atoms with Gasteiger partial charge in [0.25, 0.3) is 0 Å². The Kier molecular flexibility index (Phi) is 6.29. The molecule has 1 aliphatic heterocycles. The Bertz CT molecular complexity index is 956. The summed E-state index contributed by atoms with van der Waals surface area (Å²) < 4.78 is 34.6. The normalized spacial score (nSPS) is 16.0. The maximum atomic E-state index is 14.2. The van der Waals surface area contributed by atoms with Gasteiger partial charge in [-0.2, -0.15) is 0 Å². The number of nitrogens with zero attached hydrogens (tertiary/aromatic N) is 6.